The van der Waals surface area contributed by atoms with Gasteiger partial charge < -0.3 is 14.8 Å². The number of carboxylic acids is 1. The molecule has 6 heteroatoms. The van der Waals surface area contributed by atoms with Gasteiger partial charge in [-0.05, 0) is 33.3 Å². The number of hydrogen-bond acceptors (Lipinski definition) is 4. The molecule has 0 saturated carbocycles. The predicted molar refractivity (Wildman–Crippen MR) is 63.0 cm³/mol. The molecular formula is C12H15NO5. The van der Waals surface area contributed by atoms with Crippen molar-refractivity contribution in [3.63, 3.8) is 0 Å². The minimum Gasteiger partial charge on any atom is -0.478 e. The molecule has 0 spiro atoms. The Balaban J connectivity index is 3.23. The fraction of sp³-hybridized carbons (Fsp3) is 0.417. The first-order chi connectivity index (χ1) is 8.17. The first-order valence-corrected chi connectivity index (χ1v) is 5.31. The summed E-state index contributed by atoms with van der Waals surface area (Å²) in [5, 5.41) is 8.97. The fourth-order valence-electron chi connectivity index (χ4n) is 1.52. The van der Waals surface area contributed by atoms with E-state index in [0.717, 1.165) is 0 Å². The largest absolute Gasteiger partial charge is 0.478 e. The number of hydrogen-bond donors (Lipinski definition) is 2. The number of H-pyrrole nitrogens is 1. The molecule has 0 aromatic carbocycles. The van der Waals surface area contributed by atoms with Crippen molar-refractivity contribution in [2.45, 2.75) is 33.3 Å². The smallest absolute Gasteiger partial charge is 0.355 e. The van der Waals surface area contributed by atoms with Crippen LogP contribution in [0.1, 0.15) is 57.7 Å². The highest BCUT2D eigenvalue weighted by Crippen LogP contribution is 2.20. The summed E-state index contributed by atoms with van der Waals surface area (Å²) in [6, 6.07) is 0. The zero-order valence-electron chi connectivity index (χ0n) is 10.7. The van der Waals surface area contributed by atoms with Crippen molar-refractivity contribution in [3.05, 3.63) is 22.5 Å². The van der Waals surface area contributed by atoms with E-state index in [1.807, 2.05) is 0 Å². The fourth-order valence-corrected chi connectivity index (χ4v) is 1.52. The van der Waals surface area contributed by atoms with Crippen molar-refractivity contribution >= 4 is 18.2 Å². The number of aldehydes is 1. The van der Waals surface area contributed by atoms with E-state index in [-0.39, 0.29) is 22.5 Å². The molecule has 18 heavy (non-hydrogen) atoms. The van der Waals surface area contributed by atoms with Crippen LogP contribution in [0.3, 0.4) is 0 Å². The summed E-state index contributed by atoms with van der Waals surface area (Å²) in [4.78, 5) is 36.1. The third-order valence-electron chi connectivity index (χ3n) is 2.21. The lowest BCUT2D eigenvalue weighted by atomic mass is 10.1. The average molecular weight is 253 g/mol. The van der Waals surface area contributed by atoms with E-state index in [2.05, 4.69) is 4.98 Å². The predicted octanol–water partition coefficient (Wildman–Crippen LogP) is 1.79. The second kappa shape index (κ2) is 4.64. The Labute approximate surface area is 104 Å². The topological polar surface area (TPSA) is 96.5 Å². The summed E-state index contributed by atoms with van der Waals surface area (Å²) < 4.78 is 5.12. The van der Waals surface area contributed by atoms with Crippen molar-refractivity contribution in [2.24, 2.45) is 0 Å². The minimum absolute atomic E-state index is 0.00979. The highest BCUT2D eigenvalue weighted by Gasteiger charge is 2.26. The standard InChI is InChI=1S/C12H15NO5/c1-6-8(10(15)16)7(5-14)13-9(6)11(17)18-12(2,3)4/h5,13H,1-4H3,(H,15,16). The van der Waals surface area contributed by atoms with Crippen LogP contribution in [0.25, 0.3) is 0 Å². The Hall–Kier alpha value is -2.11. The Kier molecular flexibility index (Phi) is 3.59. The van der Waals surface area contributed by atoms with Gasteiger partial charge in [0.05, 0.1) is 11.3 Å². The molecule has 6 nitrogen and oxygen atoms in total. The lowest BCUT2D eigenvalue weighted by Crippen LogP contribution is -2.24. The number of nitrogens with one attached hydrogen (secondary N) is 1. The van der Waals surface area contributed by atoms with Crippen LogP contribution in [0.4, 0.5) is 0 Å². The van der Waals surface area contributed by atoms with E-state index in [9.17, 15) is 14.4 Å². The summed E-state index contributed by atoms with van der Waals surface area (Å²) >= 11 is 0. The summed E-state index contributed by atoms with van der Waals surface area (Å²) in [6.07, 6.45) is 0.365. The molecule has 0 radical (unpaired) electrons. The monoisotopic (exact) mass is 253 g/mol. The summed E-state index contributed by atoms with van der Waals surface area (Å²) in [5.74, 6) is -1.95. The van der Waals surface area contributed by atoms with Gasteiger partial charge in [0.1, 0.15) is 11.3 Å². The Morgan fingerprint density at radius 1 is 1.33 bits per heavy atom. The van der Waals surface area contributed by atoms with Gasteiger partial charge in [0, 0.05) is 0 Å². The number of aromatic nitrogens is 1. The Morgan fingerprint density at radius 2 is 1.89 bits per heavy atom. The van der Waals surface area contributed by atoms with Gasteiger partial charge in [-0.15, -0.1) is 0 Å². The third-order valence-corrected chi connectivity index (χ3v) is 2.21. The number of aromatic carboxylic acids is 1. The van der Waals surface area contributed by atoms with Gasteiger partial charge in [-0.25, -0.2) is 9.59 Å². The van der Waals surface area contributed by atoms with Crippen molar-refractivity contribution in [1.82, 2.24) is 4.98 Å². The normalized spacial score (nSPS) is 11.1. The van der Waals surface area contributed by atoms with E-state index >= 15 is 0 Å². The Bertz CT molecular complexity index is 507. The van der Waals surface area contributed by atoms with E-state index < -0.39 is 17.5 Å². The summed E-state index contributed by atoms with van der Waals surface area (Å²) in [6.45, 7) is 6.54. The number of esters is 1. The highest BCUT2D eigenvalue weighted by molar-refractivity contribution is 6.02. The number of ether oxygens (including phenoxy) is 1. The molecule has 1 heterocycles. The molecule has 0 aliphatic rings. The molecule has 1 rings (SSSR count). The van der Waals surface area contributed by atoms with Crippen LogP contribution in [0.5, 0.6) is 0 Å². The zero-order valence-corrected chi connectivity index (χ0v) is 10.7. The first-order valence-electron chi connectivity index (χ1n) is 5.31. The maximum atomic E-state index is 11.8. The van der Waals surface area contributed by atoms with Gasteiger partial charge in [-0.3, -0.25) is 4.79 Å². The van der Waals surface area contributed by atoms with Crippen LogP contribution >= 0.6 is 0 Å². The van der Waals surface area contributed by atoms with E-state index in [1.165, 1.54) is 6.92 Å². The quantitative estimate of drug-likeness (QED) is 0.632. The van der Waals surface area contributed by atoms with Crippen molar-refractivity contribution < 1.29 is 24.2 Å². The van der Waals surface area contributed by atoms with Gasteiger partial charge in [0.25, 0.3) is 0 Å². The van der Waals surface area contributed by atoms with Crippen molar-refractivity contribution in [2.75, 3.05) is 0 Å². The SMILES string of the molecule is Cc1c(C(=O)OC(C)(C)C)[nH]c(C=O)c1C(=O)O. The highest BCUT2D eigenvalue weighted by atomic mass is 16.6. The van der Waals surface area contributed by atoms with Crippen molar-refractivity contribution in [3.8, 4) is 0 Å². The maximum Gasteiger partial charge on any atom is 0.355 e. The summed E-state index contributed by atoms with van der Waals surface area (Å²) in [7, 11) is 0. The van der Waals surface area contributed by atoms with Gasteiger partial charge in [-0.2, -0.15) is 0 Å². The third kappa shape index (κ3) is 2.77. The molecule has 98 valence electrons. The molecule has 1 aromatic rings. The number of aromatic amines is 1. The molecule has 0 atom stereocenters. The number of rotatable bonds is 3. The first kappa shape index (κ1) is 14.0. The minimum atomic E-state index is -1.26. The molecule has 0 fully saturated rings. The van der Waals surface area contributed by atoms with Gasteiger partial charge in [0.2, 0.25) is 0 Å². The molecule has 0 bridgehead atoms. The second-order valence-electron chi connectivity index (χ2n) is 4.84. The Morgan fingerprint density at radius 3 is 2.22 bits per heavy atom. The van der Waals surface area contributed by atoms with Crippen LogP contribution in [-0.4, -0.2) is 33.9 Å². The van der Waals surface area contributed by atoms with Crippen LogP contribution < -0.4 is 0 Å². The van der Waals surface area contributed by atoms with Crippen LogP contribution in [-0.2, 0) is 4.74 Å². The van der Waals surface area contributed by atoms with Gasteiger partial charge in [0.15, 0.2) is 6.29 Å². The number of carbonyl (C=O) groups is 3. The van der Waals surface area contributed by atoms with E-state index in [4.69, 9.17) is 9.84 Å². The molecular weight excluding hydrogens is 238 g/mol. The van der Waals surface area contributed by atoms with E-state index in [1.54, 1.807) is 20.8 Å². The average Bonchev–Trinajstić information content (AvgIpc) is 2.52. The number of carbonyl (C=O) groups excluding carboxylic acids is 2. The van der Waals surface area contributed by atoms with Crippen LogP contribution in [0.2, 0.25) is 0 Å². The maximum absolute atomic E-state index is 11.8. The summed E-state index contributed by atoms with van der Waals surface area (Å²) in [5.41, 5.74) is -0.852. The molecule has 0 aliphatic carbocycles. The number of carboxylic acid groups (broad SMARTS) is 1. The molecule has 2 N–H and O–H groups in total. The van der Waals surface area contributed by atoms with Crippen LogP contribution in [0, 0.1) is 6.92 Å². The molecule has 0 amide bonds. The molecule has 0 saturated heterocycles. The van der Waals surface area contributed by atoms with Gasteiger partial charge >= 0.3 is 11.9 Å². The molecule has 0 aliphatic heterocycles. The lowest BCUT2D eigenvalue weighted by Gasteiger charge is -2.19. The van der Waals surface area contributed by atoms with E-state index in [0.29, 0.717) is 6.29 Å². The lowest BCUT2D eigenvalue weighted by molar-refractivity contribution is 0.00627. The van der Waals surface area contributed by atoms with Crippen molar-refractivity contribution in [1.29, 1.82) is 0 Å². The second-order valence-corrected chi connectivity index (χ2v) is 4.84. The zero-order chi connectivity index (χ0) is 14.1. The van der Waals surface area contributed by atoms with Crippen LogP contribution in [0.15, 0.2) is 0 Å². The molecule has 0 unspecified atom stereocenters. The molecule has 1 aromatic heterocycles. The van der Waals surface area contributed by atoms with Gasteiger partial charge in [-0.1, -0.05) is 0 Å².